The van der Waals surface area contributed by atoms with Gasteiger partial charge in [0.15, 0.2) is 5.82 Å². The van der Waals surface area contributed by atoms with Crippen LogP contribution in [0.1, 0.15) is 0 Å². The number of rotatable bonds is 2. The van der Waals surface area contributed by atoms with Crippen molar-refractivity contribution in [2.75, 3.05) is 12.4 Å². The Hall–Kier alpha value is -1.01. The first kappa shape index (κ1) is 9.54. The van der Waals surface area contributed by atoms with Crippen LogP contribution in [0.2, 0.25) is 0 Å². The summed E-state index contributed by atoms with van der Waals surface area (Å²) in [5.74, 6) is 0.702. The highest BCUT2D eigenvalue weighted by Crippen LogP contribution is 2.22. The molecule has 0 amide bonds. The summed E-state index contributed by atoms with van der Waals surface area (Å²) in [6, 6.07) is 1.94. The van der Waals surface area contributed by atoms with Crippen molar-refractivity contribution in [2.24, 2.45) is 0 Å². The van der Waals surface area contributed by atoms with Gasteiger partial charge in [-0.3, -0.25) is 4.98 Å². The minimum Gasteiger partial charge on any atom is -0.363 e. The fraction of sp³-hybridized carbons (Fsp3) is 0.125. The molecule has 0 radical (unpaired) electrons. The van der Waals surface area contributed by atoms with Crippen molar-refractivity contribution in [3.63, 3.8) is 0 Å². The Labute approximate surface area is 93.7 Å². The molecule has 0 aliphatic rings. The largest absolute Gasteiger partial charge is 0.363 e. The second-order valence-corrected chi connectivity index (χ2v) is 4.23. The van der Waals surface area contributed by atoms with Crippen LogP contribution in [-0.2, 0) is 0 Å². The molecule has 1 N–H and O–H groups in total. The molecular weight excluding hydrogens is 264 g/mol. The highest BCUT2D eigenvalue weighted by molar-refractivity contribution is 9.10. The number of halogens is 1. The van der Waals surface area contributed by atoms with E-state index in [0.29, 0.717) is 5.82 Å². The van der Waals surface area contributed by atoms with Gasteiger partial charge in [-0.2, -0.15) is 9.36 Å². The van der Waals surface area contributed by atoms with Crippen LogP contribution in [0.3, 0.4) is 0 Å². The van der Waals surface area contributed by atoms with Gasteiger partial charge in [0.1, 0.15) is 0 Å². The number of anilines is 1. The molecule has 72 valence electrons. The third-order valence-corrected chi connectivity index (χ3v) is 2.77. The van der Waals surface area contributed by atoms with Crippen molar-refractivity contribution in [3.8, 4) is 11.4 Å². The molecule has 2 aromatic heterocycles. The number of nitrogens with one attached hydrogen (secondary N) is 1. The van der Waals surface area contributed by atoms with Gasteiger partial charge >= 0.3 is 0 Å². The third-order valence-electron chi connectivity index (χ3n) is 1.60. The SMILES string of the molecule is CNc1nc(-c2cncc(Br)c2)ns1. The van der Waals surface area contributed by atoms with E-state index in [4.69, 9.17) is 0 Å². The van der Waals surface area contributed by atoms with Gasteiger partial charge in [0.25, 0.3) is 0 Å². The summed E-state index contributed by atoms with van der Waals surface area (Å²) < 4.78 is 5.13. The third kappa shape index (κ3) is 1.91. The van der Waals surface area contributed by atoms with Gasteiger partial charge in [-0.15, -0.1) is 0 Å². The van der Waals surface area contributed by atoms with Crippen LogP contribution in [0.25, 0.3) is 11.4 Å². The molecular formula is C8H7BrN4S. The van der Waals surface area contributed by atoms with E-state index in [9.17, 15) is 0 Å². The first-order chi connectivity index (χ1) is 6.79. The molecule has 2 aromatic rings. The fourth-order valence-corrected chi connectivity index (χ4v) is 1.88. The quantitative estimate of drug-likeness (QED) is 0.911. The summed E-state index contributed by atoms with van der Waals surface area (Å²) in [6.45, 7) is 0. The van der Waals surface area contributed by atoms with E-state index >= 15 is 0 Å². The Morgan fingerprint density at radius 1 is 1.43 bits per heavy atom. The van der Waals surface area contributed by atoms with Gasteiger partial charge in [-0.25, -0.2) is 0 Å². The molecule has 0 saturated carbocycles. The molecule has 0 fully saturated rings. The zero-order valence-electron chi connectivity index (χ0n) is 7.36. The first-order valence-corrected chi connectivity index (χ1v) is 5.48. The predicted molar refractivity (Wildman–Crippen MR) is 60.4 cm³/mol. The minimum absolute atomic E-state index is 0.702. The van der Waals surface area contributed by atoms with E-state index in [1.807, 2.05) is 13.1 Å². The summed E-state index contributed by atoms with van der Waals surface area (Å²) in [6.07, 6.45) is 3.47. The monoisotopic (exact) mass is 270 g/mol. The van der Waals surface area contributed by atoms with Crippen LogP contribution in [-0.4, -0.2) is 21.4 Å². The Balaban J connectivity index is 2.39. The summed E-state index contributed by atoms with van der Waals surface area (Å²) in [5, 5.41) is 3.75. The van der Waals surface area contributed by atoms with Gasteiger partial charge in [0, 0.05) is 41.0 Å². The summed E-state index contributed by atoms with van der Waals surface area (Å²) in [7, 11) is 1.82. The molecule has 0 aromatic carbocycles. The Kier molecular flexibility index (Phi) is 2.74. The van der Waals surface area contributed by atoms with Crippen molar-refractivity contribution in [1.29, 1.82) is 0 Å². The van der Waals surface area contributed by atoms with Crippen LogP contribution in [0.5, 0.6) is 0 Å². The van der Waals surface area contributed by atoms with Crippen LogP contribution in [0.4, 0.5) is 5.13 Å². The second kappa shape index (κ2) is 4.02. The van der Waals surface area contributed by atoms with Gasteiger partial charge in [0.05, 0.1) is 0 Å². The molecule has 0 aliphatic heterocycles. The zero-order valence-corrected chi connectivity index (χ0v) is 9.76. The average molecular weight is 271 g/mol. The van der Waals surface area contributed by atoms with Gasteiger partial charge in [0.2, 0.25) is 5.13 Å². The number of hydrogen-bond acceptors (Lipinski definition) is 5. The maximum absolute atomic E-state index is 4.28. The molecule has 0 spiro atoms. The standard InChI is InChI=1S/C8H7BrN4S/c1-10-8-12-7(13-14-8)5-2-6(9)4-11-3-5/h2-4H,1H3,(H,10,12,13). The minimum atomic E-state index is 0.702. The molecule has 4 nitrogen and oxygen atoms in total. The summed E-state index contributed by atoms with van der Waals surface area (Å²) in [5.41, 5.74) is 0.914. The first-order valence-electron chi connectivity index (χ1n) is 3.92. The molecule has 0 atom stereocenters. The van der Waals surface area contributed by atoms with Crippen molar-refractivity contribution in [1.82, 2.24) is 14.3 Å². The maximum atomic E-state index is 4.28. The summed E-state index contributed by atoms with van der Waals surface area (Å²) >= 11 is 4.69. The normalized spacial score (nSPS) is 10.1. The number of aromatic nitrogens is 3. The van der Waals surface area contributed by atoms with Crippen molar-refractivity contribution >= 4 is 32.6 Å². The van der Waals surface area contributed by atoms with E-state index in [0.717, 1.165) is 15.2 Å². The van der Waals surface area contributed by atoms with Crippen molar-refractivity contribution in [2.45, 2.75) is 0 Å². The number of pyridine rings is 1. The lowest BCUT2D eigenvalue weighted by Crippen LogP contribution is -1.86. The van der Waals surface area contributed by atoms with E-state index in [2.05, 4.69) is 35.6 Å². The molecule has 0 unspecified atom stereocenters. The van der Waals surface area contributed by atoms with Gasteiger partial charge in [-0.05, 0) is 22.0 Å². The summed E-state index contributed by atoms with van der Waals surface area (Å²) in [4.78, 5) is 8.33. The number of hydrogen-bond donors (Lipinski definition) is 1. The highest BCUT2D eigenvalue weighted by Gasteiger charge is 2.05. The number of nitrogens with zero attached hydrogens (tertiary/aromatic N) is 3. The average Bonchev–Trinajstić information content (AvgIpc) is 2.66. The second-order valence-electron chi connectivity index (χ2n) is 2.56. The molecule has 2 rings (SSSR count). The fourth-order valence-electron chi connectivity index (χ4n) is 0.976. The maximum Gasteiger partial charge on any atom is 0.202 e. The molecule has 6 heteroatoms. The molecule has 0 aliphatic carbocycles. The molecule has 2 heterocycles. The van der Waals surface area contributed by atoms with Crippen LogP contribution in [0, 0.1) is 0 Å². The van der Waals surface area contributed by atoms with E-state index < -0.39 is 0 Å². The lowest BCUT2D eigenvalue weighted by atomic mass is 10.3. The van der Waals surface area contributed by atoms with Crippen molar-refractivity contribution in [3.05, 3.63) is 22.9 Å². The predicted octanol–water partition coefficient (Wildman–Crippen LogP) is 2.40. The Morgan fingerprint density at radius 3 is 2.93 bits per heavy atom. The van der Waals surface area contributed by atoms with Crippen LogP contribution in [0.15, 0.2) is 22.9 Å². The Bertz CT molecular complexity index is 442. The van der Waals surface area contributed by atoms with Gasteiger partial charge < -0.3 is 5.32 Å². The smallest absolute Gasteiger partial charge is 0.202 e. The lowest BCUT2D eigenvalue weighted by molar-refractivity contribution is 1.25. The Morgan fingerprint density at radius 2 is 2.29 bits per heavy atom. The van der Waals surface area contributed by atoms with Crippen LogP contribution < -0.4 is 5.32 Å². The lowest BCUT2D eigenvalue weighted by Gasteiger charge is -1.94. The molecule has 14 heavy (non-hydrogen) atoms. The zero-order chi connectivity index (χ0) is 9.97. The highest BCUT2D eigenvalue weighted by atomic mass is 79.9. The van der Waals surface area contributed by atoms with Crippen LogP contribution >= 0.6 is 27.5 Å². The molecule has 0 saturated heterocycles. The van der Waals surface area contributed by atoms with Crippen molar-refractivity contribution < 1.29 is 0 Å². The van der Waals surface area contributed by atoms with E-state index in [-0.39, 0.29) is 0 Å². The topological polar surface area (TPSA) is 50.7 Å². The van der Waals surface area contributed by atoms with E-state index in [1.54, 1.807) is 12.4 Å². The van der Waals surface area contributed by atoms with Gasteiger partial charge in [-0.1, -0.05) is 0 Å². The van der Waals surface area contributed by atoms with E-state index in [1.165, 1.54) is 11.5 Å². The molecule has 0 bridgehead atoms.